The summed E-state index contributed by atoms with van der Waals surface area (Å²) in [7, 11) is 1.24. The van der Waals surface area contributed by atoms with Gasteiger partial charge in [0.05, 0.1) is 23.2 Å². The third-order valence-corrected chi connectivity index (χ3v) is 9.32. The monoisotopic (exact) mass is 644 g/mol. The van der Waals surface area contributed by atoms with E-state index < -0.39 is 47.5 Å². The highest BCUT2D eigenvalue weighted by atomic mass is 19.4. The average molecular weight is 645 g/mol. The Hall–Kier alpha value is -3.39. The number of carbonyl (C=O) groups excluding carboxylic acids is 2. The summed E-state index contributed by atoms with van der Waals surface area (Å²) in [5.74, 6) is -0.263. The van der Waals surface area contributed by atoms with Crippen molar-refractivity contribution in [3.63, 3.8) is 0 Å². The number of piperidine rings is 1. The molecule has 3 aliphatic heterocycles. The standard InChI is InChI=1S/C31H35F7N4O3/c1-18-12-23(32)4-6-26(18)27-16-24(40-10-11-41-25(17-40)5-7-28(41)43)8-9-42(27)45-29(44)39(3)19(2)20-13-21(30(33,34)35)15-22(14-20)31(36,37)38/h4,6,12-15,19,24-25,27H,5,7-11,16-17H2,1-3H3/t19-,24+,25?,27-/m1/s1. The lowest BCUT2D eigenvalue weighted by Gasteiger charge is -2.46. The molecule has 3 saturated heterocycles. The van der Waals surface area contributed by atoms with Crippen LogP contribution < -0.4 is 0 Å². The molecule has 0 spiro atoms. The molecule has 5 rings (SSSR count). The lowest BCUT2D eigenvalue weighted by molar-refractivity contribution is -0.168. The second kappa shape index (κ2) is 12.4. The molecule has 2 amide bonds. The van der Waals surface area contributed by atoms with Gasteiger partial charge in [-0.3, -0.25) is 9.69 Å². The smallest absolute Gasteiger partial charge is 0.350 e. The number of aryl methyl sites for hydroxylation is 1. The van der Waals surface area contributed by atoms with E-state index in [4.69, 9.17) is 4.84 Å². The fraction of sp³-hybridized carbons (Fsp3) is 0.548. The first-order valence-electron chi connectivity index (χ1n) is 14.8. The van der Waals surface area contributed by atoms with E-state index in [2.05, 4.69) is 4.90 Å². The average Bonchev–Trinajstić information content (AvgIpc) is 3.35. The highest BCUT2D eigenvalue weighted by molar-refractivity contribution is 5.79. The zero-order valence-corrected chi connectivity index (χ0v) is 25.1. The number of nitrogens with zero attached hydrogens (tertiary/aromatic N) is 4. The van der Waals surface area contributed by atoms with Crippen LogP contribution in [-0.2, 0) is 22.0 Å². The van der Waals surface area contributed by atoms with Gasteiger partial charge in [0.25, 0.3) is 0 Å². The Morgan fingerprint density at radius 2 is 1.62 bits per heavy atom. The van der Waals surface area contributed by atoms with Crippen molar-refractivity contribution in [2.75, 3.05) is 33.2 Å². The quantitative estimate of drug-likeness (QED) is 0.338. The van der Waals surface area contributed by atoms with Gasteiger partial charge in [0.15, 0.2) is 0 Å². The molecule has 3 fully saturated rings. The summed E-state index contributed by atoms with van der Waals surface area (Å²) in [6.45, 7) is 5.39. The van der Waals surface area contributed by atoms with E-state index in [-0.39, 0.29) is 36.2 Å². The Labute approximate surface area is 256 Å². The van der Waals surface area contributed by atoms with Crippen LogP contribution in [0.15, 0.2) is 36.4 Å². The summed E-state index contributed by atoms with van der Waals surface area (Å²) in [5.41, 5.74) is -1.94. The van der Waals surface area contributed by atoms with Crippen molar-refractivity contribution in [3.8, 4) is 0 Å². The van der Waals surface area contributed by atoms with E-state index in [0.717, 1.165) is 23.4 Å². The van der Waals surface area contributed by atoms with E-state index in [1.54, 1.807) is 13.0 Å². The fourth-order valence-electron chi connectivity index (χ4n) is 6.65. The van der Waals surface area contributed by atoms with Crippen molar-refractivity contribution in [2.24, 2.45) is 0 Å². The fourth-order valence-corrected chi connectivity index (χ4v) is 6.65. The van der Waals surface area contributed by atoms with E-state index in [9.17, 15) is 40.3 Å². The third kappa shape index (κ3) is 7.06. The summed E-state index contributed by atoms with van der Waals surface area (Å²) in [6, 6.07) is 4.08. The van der Waals surface area contributed by atoms with Crippen LogP contribution in [0.1, 0.15) is 72.5 Å². The molecular formula is C31H35F7N4O3. The SMILES string of the molecule is Cc1cc(F)ccc1[C@H]1C[C@@H](N2CCN3C(=O)CCC3C2)CCN1OC(=O)N(C)[C@H](C)c1cc(C(F)(F)F)cc(C(F)(F)F)c1. The maximum Gasteiger partial charge on any atom is 0.429 e. The van der Waals surface area contributed by atoms with Gasteiger partial charge in [-0.05, 0) is 80.1 Å². The number of rotatable bonds is 5. The van der Waals surface area contributed by atoms with Gasteiger partial charge in [-0.25, -0.2) is 9.18 Å². The maximum absolute atomic E-state index is 14.0. The van der Waals surface area contributed by atoms with Crippen LogP contribution in [0.5, 0.6) is 0 Å². The van der Waals surface area contributed by atoms with E-state index in [0.29, 0.717) is 50.0 Å². The molecule has 4 atom stereocenters. The van der Waals surface area contributed by atoms with Crippen LogP contribution in [0, 0.1) is 12.7 Å². The van der Waals surface area contributed by atoms with Crippen molar-refractivity contribution >= 4 is 12.0 Å². The normalized spacial score (nSPS) is 24.0. The van der Waals surface area contributed by atoms with Gasteiger partial charge in [0.1, 0.15) is 5.82 Å². The predicted molar refractivity (Wildman–Crippen MR) is 149 cm³/mol. The van der Waals surface area contributed by atoms with Crippen LogP contribution in [0.25, 0.3) is 0 Å². The van der Waals surface area contributed by atoms with Crippen molar-refractivity contribution in [3.05, 3.63) is 70.0 Å². The maximum atomic E-state index is 14.0. The number of amides is 2. The van der Waals surface area contributed by atoms with Crippen molar-refractivity contribution in [1.82, 2.24) is 19.8 Å². The Morgan fingerprint density at radius 1 is 0.956 bits per heavy atom. The number of fused-ring (bicyclic) bond motifs is 1. The second-order valence-corrected chi connectivity index (χ2v) is 12.1. The molecule has 1 unspecified atom stereocenters. The molecule has 0 saturated carbocycles. The van der Waals surface area contributed by atoms with Gasteiger partial charge >= 0.3 is 18.4 Å². The second-order valence-electron chi connectivity index (χ2n) is 12.1. The zero-order chi connectivity index (χ0) is 32.8. The molecule has 0 aliphatic carbocycles. The molecule has 14 heteroatoms. The first kappa shape index (κ1) is 33.0. The Morgan fingerprint density at radius 3 is 2.24 bits per heavy atom. The number of hydrogen-bond acceptors (Lipinski definition) is 5. The highest BCUT2D eigenvalue weighted by Gasteiger charge is 2.42. The number of benzene rings is 2. The van der Waals surface area contributed by atoms with Crippen molar-refractivity contribution < 1.29 is 45.2 Å². The molecule has 3 aliphatic rings. The van der Waals surface area contributed by atoms with Gasteiger partial charge in [0.2, 0.25) is 5.91 Å². The summed E-state index contributed by atoms with van der Waals surface area (Å²) in [6.07, 6.45) is -8.57. The lowest BCUT2D eigenvalue weighted by atomic mass is 9.89. The van der Waals surface area contributed by atoms with Crippen LogP contribution in [0.3, 0.4) is 0 Å². The first-order valence-corrected chi connectivity index (χ1v) is 14.8. The van der Waals surface area contributed by atoms with Crippen LogP contribution >= 0.6 is 0 Å². The number of hydroxylamine groups is 2. The van der Waals surface area contributed by atoms with Gasteiger partial charge in [-0.2, -0.15) is 26.3 Å². The minimum absolute atomic E-state index is 0.0404. The van der Waals surface area contributed by atoms with E-state index in [1.807, 2.05) is 4.90 Å². The minimum atomic E-state index is -5.03. The molecule has 3 heterocycles. The third-order valence-electron chi connectivity index (χ3n) is 9.32. The Kier molecular flexibility index (Phi) is 9.11. The van der Waals surface area contributed by atoms with E-state index >= 15 is 0 Å². The number of hydrogen-bond donors (Lipinski definition) is 0. The first-order chi connectivity index (χ1) is 21.0. The molecule has 45 heavy (non-hydrogen) atoms. The Bertz CT molecular complexity index is 1400. The number of carbonyl (C=O) groups is 2. The van der Waals surface area contributed by atoms with Crippen LogP contribution in [0.2, 0.25) is 0 Å². The molecular weight excluding hydrogens is 609 g/mol. The van der Waals surface area contributed by atoms with Crippen molar-refractivity contribution in [1.29, 1.82) is 0 Å². The molecule has 0 aromatic heterocycles. The molecule has 0 bridgehead atoms. The summed E-state index contributed by atoms with van der Waals surface area (Å²) in [4.78, 5) is 36.5. The topological polar surface area (TPSA) is 56.3 Å². The molecule has 7 nitrogen and oxygen atoms in total. The molecule has 2 aromatic carbocycles. The van der Waals surface area contributed by atoms with E-state index in [1.165, 1.54) is 31.2 Å². The number of alkyl halides is 6. The van der Waals surface area contributed by atoms with Crippen molar-refractivity contribution in [2.45, 2.75) is 76.1 Å². The largest absolute Gasteiger partial charge is 0.429 e. The van der Waals surface area contributed by atoms with Gasteiger partial charge in [-0.1, -0.05) is 6.07 Å². The van der Waals surface area contributed by atoms with Gasteiger partial charge in [-0.15, -0.1) is 5.06 Å². The summed E-state index contributed by atoms with van der Waals surface area (Å²) in [5, 5.41) is 1.46. The molecule has 0 N–H and O–H groups in total. The van der Waals surface area contributed by atoms with Crippen LogP contribution in [-0.4, -0.2) is 77.1 Å². The summed E-state index contributed by atoms with van der Waals surface area (Å²) < 4.78 is 94.7. The summed E-state index contributed by atoms with van der Waals surface area (Å²) >= 11 is 0. The number of halogens is 7. The Balaban J connectivity index is 1.35. The molecule has 246 valence electrons. The lowest BCUT2D eigenvalue weighted by Crippen LogP contribution is -2.57. The van der Waals surface area contributed by atoms with Crippen LogP contribution in [0.4, 0.5) is 35.5 Å². The number of piperazine rings is 1. The zero-order valence-electron chi connectivity index (χ0n) is 25.1. The highest BCUT2D eigenvalue weighted by Crippen LogP contribution is 2.40. The van der Waals surface area contributed by atoms with Gasteiger partial charge in [0, 0.05) is 51.7 Å². The predicted octanol–water partition coefficient (Wildman–Crippen LogP) is 6.73. The van der Waals surface area contributed by atoms with Gasteiger partial charge < -0.3 is 14.6 Å². The molecule has 0 radical (unpaired) electrons. The minimum Gasteiger partial charge on any atom is -0.350 e. The molecule has 2 aromatic rings.